The lowest BCUT2D eigenvalue weighted by Gasteiger charge is -2.52. The van der Waals surface area contributed by atoms with E-state index in [1.165, 1.54) is 5.56 Å². The van der Waals surface area contributed by atoms with Gasteiger partial charge in [0.2, 0.25) is 11.8 Å². The van der Waals surface area contributed by atoms with Gasteiger partial charge in [-0.25, -0.2) is 0 Å². The number of nitrogens with zero attached hydrogens (tertiary/aromatic N) is 2. The summed E-state index contributed by atoms with van der Waals surface area (Å²) in [4.78, 5) is 30.5. The van der Waals surface area contributed by atoms with Gasteiger partial charge in [-0.1, -0.05) is 48.4 Å². The van der Waals surface area contributed by atoms with Crippen LogP contribution in [0.5, 0.6) is 5.75 Å². The number of hydrogen-bond donors (Lipinski definition) is 2. The van der Waals surface area contributed by atoms with Crippen molar-refractivity contribution >= 4 is 11.8 Å². The molecule has 2 saturated heterocycles. The Bertz CT molecular complexity index is 1170. The molecule has 2 aromatic rings. The van der Waals surface area contributed by atoms with Crippen LogP contribution in [0, 0.1) is 17.3 Å². The zero-order valence-electron chi connectivity index (χ0n) is 22.4. The first-order valence-electron chi connectivity index (χ1n) is 14.0. The maximum Gasteiger partial charge on any atom is 0.237 e. The highest BCUT2D eigenvalue weighted by Gasteiger charge is 2.47. The molecule has 6 nitrogen and oxygen atoms in total. The van der Waals surface area contributed by atoms with E-state index in [1.54, 1.807) is 19.1 Å². The van der Waals surface area contributed by atoms with Gasteiger partial charge in [-0.15, -0.1) is 5.92 Å². The van der Waals surface area contributed by atoms with Crippen molar-refractivity contribution in [2.75, 3.05) is 19.6 Å². The van der Waals surface area contributed by atoms with E-state index in [0.717, 1.165) is 70.3 Å². The van der Waals surface area contributed by atoms with Gasteiger partial charge in [0, 0.05) is 32.1 Å². The molecule has 2 amide bonds. The summed E-state index contributed by atoms with van der Waals surface area (Å²) in [7, 11) is 0. The van der Waals surface area contributed by atoms with Crippen molar-refractivity contribution in [1.29, 1.82) is 0 Å². The Kier molecular flexibility index (Phi) is 8.04. The first-order chi connectivity index (χ1) is 18.4. The molecule has 1 aliphatic carbocycles. The highest BCUT2D eigenvalue weighted by molar-refractivity contribution is 5.82. The van der Waals surface area contributed by atoms with Crippen LogP contribution in [0.4, 0.5) is 0 Å². The second-order valence-electron chi connectivity index (χ2n) is 11.4. The van der Waals surface area contributed by atoms with Crippen LogP contribution in [0.25, 0.3) is 0 Å². The molecule has 5 rings (SSSR count). The summed E-state index contributed by atoms with van der Waals surface area (Å²) >= 11 is 0. The highest BCUT2D eigenvalue weighted by atomic mass is 16.3. The maximum absolute atomic E-state index is 13.1. The maximum atomic E-state index is 13.1. The summed E-state index contributed by atoms with van der Waals surface area (Å²) in [5, 5.41) is 12.9. The zero-order valence-corrected chi connectivity index (χ0v) is 22.4. The normalized spacial score (nSPS) is 21.8. The molecule has 200 valence electrons. The third-order valence-electron chi connectivity index (χ3n) is 8.77. The smallest absolute Gasteiger partial charge is 0.237 e. The lowest BCUT2D eigenvalue weighted by molar-refractivity contribution is -0.135. The predicted molar refractivity (Wildman–Crippen MR) is 148 cm³/mol. The quantitative estimate of drug-likeness (QED) is 0.537. The van der Waals surface area contributed by atoms with Gasteiger partial charge in [-0.05, 0) is 80.7 Å². The number of amides is 2. The minimum absolute atomic E-state index is 0.0287. The topological polar surface area (TPSA) is 72.9 Å². The van der Waals surface area contributed by atoms with E-state index in [-0.39, 0.29) is 41.0 Å². The van der Waals surface area contributed by atoms with E-state index >= 15 is 0 Å². The van der Waals surface area contributed by atoms with Crippen LogP contribution in [-0.4, -0.2) is 58.4 Å². The average Bonchev–Trinajstić information content (AvgIpc) is 3.37. The fourth-order valence-electron chi connectivity index (χ4n) is 6.59. The van der Waals surface area contributed by atoms with Crippen LogP contribution in [-0.2, 0) is 16.1 Å². The van der Waals surface area contributed by atoms with Crippen molar-refractivity contribution in [1.82, 2.24) is 15.1 Å². The first kappa shape index (κ1) is 26.3. The summed E-state index contributed by atoms with van der Waals surface area (Å²) in [6.07, 6.45) is 6.39. The number of benzene rings is 2. The highest BCUT2D eigenvalue weighted by Crippen LogP contribution is 2.49. The molecule has 6 heteroatoms. The van der Waals surface area contributed by atoms with Crippen molar-refractivity contribution in [3.05, 3.63) is 65.7 Å². The van der Waals surface area contributed by atoms with Crippen LogP contribution < -0.4 is 5.32 Å². The second-order valence-corrected chi connectivity index (χ2v) is 11.4. The van der Waals surface area contributed by atoms with Crippen LogP contribution in [0.1, 0.15) is 68.9 Å². The molecule has 38 heavy (non-hydrogen) atoms. The number of likely N-dealkylation sites (tertiary alicyclic amines) is 2. The Hall–Kier alpha value is -3.30. The molecule has 0 bridgehead atoms. The number of aromatic hydroxyl groups is 1. The van der Waals surface area contributed by atoms with Crippen molar-refractivity contribution in [2.45, 2.75) is 76.4 Å². The summed E-state index contributed by atoms with van der Waals surface area (Å²) in [6, 6.07) is 17.6. The number of phenols is 1. The van der Waals surface area contributed by atoms with Gasteiger partial charge in [0.05, 0.1) is 12.0 Å². The largest absolute Gasteiger partial charge is 0.508 e. The third kappa shape index (κ3) is 6.05. The molecular formula is C32H39N3O3. The molecule has 0 unspecified atom stereocenters. The van der Waals surface area contributed by atoms with Crippen molar-refractivity contribution in [3.63, 3.8) is 0 Å². The summed E-state index contributed by atoms with van der Waals surface area (Å²) in [5.41, 5.74) is 2.47. The molecule has 1 saturated carbocycles. The predicted octanol–water partition coefficient (Wildman–Crippen LogP) is 4.44. The molecule has 2 atom stereocenters. The second kappa shape index (κ2) is 11.6. The number of piperidine rings is 1. The fourth-order valence-corrected chi connectivity index (χ4v) is 6.59. The first-order valence-corrected chi connectivity index (χ1v) is 14.0. The Balaban J connectivity index is 1.07. The van der Waals surface area contributed by atoms with Crippen LogP contribution in [0.2, 0.25) is 0 Å². The Morgan fingerprint density at radius 2 is 1.76 bits per heavy atom. The molecule has 2 N–H and O–H groups in total. The minimum Gasteiger partial charge on any atom is -0.508 e. The fraction of sp³-hybridized carbons (Fsp3) is 0.500. The minimum atomic E-state index is -0.163. The molecule has 3 aliphatic rings. The number of carbonyl (C=O) groups excluding carboxylic acids is 2. The van der Waals surface area contributed by atoms with E-state index in [0.29, 0.717) is 6.42 Å². The Morgan fingerprint density at radius 3 is 2.45 bits per heavy atom. The monoisotopic (exact) mass is 513 g/mol. The number of phenolic OH excluding ortho intramolecular Hbond substituents is 1. The van der Waals surface area contributed by atoms with E-state index < -0.39 is 0 Å². The van der Waals surface area contributed by atoms with Crippen molar-refractivity contribution in [2.24, 2.45) is 5.41 Å². The lowest BCUT2D eigenvalue weighted by atomic mass is 9.60. The van der Waals surface area contributed by atoms with Gasteiger partial charge < -0.3 is 15.3 Å². The van der Waals surface area contributed by atoms with Gasteiger partial charge in [0.25, 0.3) is 0 Å². The molecule has 2 heterocycles. The van der Waals surface area contributed by atoms with Gasteiger partial charge in [0.15, 0.2) is 0 Å². The van der Waals surface area contributed by atoms with E-state index in [9.17, 15) is 14.7 Å². The van der Waals surface area contributed by atoms with Gasteiger partial charge >= 0.3 is 0 Å². The SMILES string of the molecule is CC#C[C@@H](CC(=O)N1CCC2(CC1)CC(NC(=O)[C@@H]1CCCN1Cc1ccccc1)C2)c1ccc(O)cc1. The van der Waals surface area contributed by atoms with E-state index in [4.69, 9.17) is 0 Å². The number of rotatable bonds is 7. The van der Waals surface area contributed by atoms with E-state index in [2.05, 4.69) is 46.3 Å². The van der Waals surface area contributed by atoms with Gasteiger partial charge in [0.1, 0.15) is 5.75 Å². The molecule has 2 aromatic carbocycles. The molecule has 1 spiro atoms. The molecule has 2 aliphatic heterocycles. The van der Waals surface area contributed by atoms with Gasteiger partial charge in [-0.2, -0.15) is 0 Å². The number of carbonyl (C=O) groups is 2. The third-order valence-corrected chi connectivity index (χ3v) is 8.77. The molecule has 0 aromatic heterocycles. The van der Waals surface area contributed by atoms with Crippen LogP contribution in [0.3, 0.4) is 0 Å². The lowest BCUT2D eigenvalue weighted by Crippen LogP contribution is -2.57. The standard InChI is InChI=1S/C32H39N3O3/c1-2-7-26(25-11-13-28(36)14-12-25)20-30(37)34-18-15-32(16-19-34)21-27(22-32)33-31(38)29-10-6-17-35(29)23-24-8-4-3-5-9-24/h3-5,8-9,11-14,26-27,29,36H,6,10,15-23H2,1H3,(H,33,38)/t26-,29-/m0/s1. The molecule has 3 fully saturated rings. The van der Waals surface area contributed by atoms with Crippen molar-refractivity contribution < 1.29 is 14.7 Å². The summed E-state index contributed by atoms with van der Waals surface area (Å²) < 4.78 is 0. The van der Waals surface area contributed by atoms with Crippen LogP contribution in [0.15, 0.2) is 54.6 Å². The molecule has 0 radical (unpaired) electrons. The average molecular weight is 514 g/mol. The molecular weight excluding hydrogens is 474 g/mol. The van der Waals surface area contributed by atoms with Crippen molar-refractivity contribution in [3.8, 4) is 17.6 Å². The van der Waals surface area contributed by atoms with Crippen LogP contribution >= 0.6 is 0 Å². The zero-order chi connectivity index (χ0) is 26.5. The summed E-state index contributed by atoms with van der Waals surface area (Å²) in [5.74, 6) is 6.50. The summed E-state index contributed by atoms with van der Waals surface area (Å²) in [6.45, 7) is 5.14. The Labute approximate surface area is 226 Å². The number of hydrogen-bond acceptors (Lipinski definition) is 4. The number of nitrogens with one attached hydrogen (secondary N) is 1. The van der Waals surface area contributed by atoms with E-state index in [1.807, 2.05) is 23.1 Å². The van der Waals surface area contributed by atoms with Gasteiger partial charge in [-0.3, -0.25) is 14.5 Å². The Morgan fingerprint density at radius 1 is 1.05 bits per heavy atom.